The summed E-state index contributed by atoms with van der Waals surface area (Å²) in [5, 5.41) is 18.2. The Balaban J connectivity index is 2.01. The highest BCUT2D eigenvalue weighted by molar-refractivity contribution is 6.30. The number of para-hydroxylation sites is 1. The predicted octanol–water partition coefficient (Wildman–Crippen LogP) is 3.14. The molecule has 0 bridgehead atoms. The molecule has 0 saturated heterocycles. The van der Waals surface area contributed by atoms with Crippen molar-refractivity contribution in [1.29, 1.82) is 0 Å². The molecule has 6 heteroatoms. The smallest absolute Gasteiger partial charge is 0.141 e. The van der Waals surface area contributed by atoms with Gasteiger partial charge in [0.2, 0.25) is 0 Å². The van der Waals surface area contributed by atoms with E-state index in [0.29, 0.717) is 11.3 Å². The van der Waals surface area contributed by atoms with Crippen molar-refractivity contribution in [3.05, 3.63) is 76.8 Å². The van der Waals surface area contributed by atoms with E-state index in [1.165, 1.54) is 29.1 Å². The molecule has 3 rings (SSSR count). The average Bonchev–Trinajstić information content (AvgIpc) is 2.99. The van der Waals surface area contributed by atoms with Crippen LogP contribution in [-0.2, 0) is 0 Å². The summed E-state index contributed by atoms with van der Waals surface area (Å²) in [4.78, 5) is 0. The number of nitrogens with zero attached hydrogens (tertiary/aromatic N) is 3. The van der Waals surface area contributed by atoms with Gasteiger partial charge in [0.1, 0.15) is 11.9 Å². The minimum atomic E-state index is -1.00. The number of rotatable bonds is 3. The van der Waals surface area contributed by atoms with Gasteiger partial charge in [0.15, 0.2) is 0 Å². The zero-order chi connectivity index (χ0) is 14.8. The molecule has 1 N–H and O–H groups in total. The van der Waals surface area contributed by atoms with E-state index in [0.717, 1.165) is 5.69 Å². The largest absolute Gasteiger partial charge is 0.382 e. The van der Waals surface area contributed by atoms with Gasteiger partial charge in [0.05, 0.1) is 22.6 Å². The van der Waals surface area contributed by atoms with Crippen molar-refractivity contribution in [3.8, 4) is 5.69 Å². The molecule has 1 unspecified atom stereocenters. The maximum absolute atomic E-state index is 13.2. The van der Waals surface area contributed by atoms with Gasteiger partial charge < -0.3 is 5.11 Å². The van der Waals surface area contributed by atoms with E-state index in [9.17, 15) is 9.50 Å². The maximum atomic E-state index is 13.2. The summed E-state index contributed by atoms with van der Waals surface area (Å²) in [6, 6.07) is 13.4. The average molecular weight is 304 g/mol. The van der Waals surface area contributed by atoms with Crippen LogP contribution in [0.15, 0.2) is 54.7 Å². The minimum Gasteiger partial charge on any atom is -0.382 e. The molecule has 0 saturated carbocycles. The fourth-order valence-electron chi connectivity index (χ4n) is 2.05. The molecule has 2 aromatic carbocycles. The quantitative estimate of drug-likeness (QED) is 0.808. The highest BCUT2D eigenvalue weighted by atomic mass is 35.5. The van der Waals surface area contributed by atoms with Crippen LogP contribution in [0.25, 0.3) is 5.69 Å². The van der Waals surface area contributed by atoms with Crippen molar-refractivity contribution >= 4 is 11.6 Å². The van der Waals surface area contributed by atoms with Crippen molar-refractivity contribution < 1.29 is 9.50 Å². The number of benzene rings is 2. The Kier molecular flexibility index (Phi) is 3.68. The summed E-state index contributed by atoms with van der Waals surface area (Å²) in [7, 11) is 0. The van der Waals surface area contributed by atoms with Gasteiger partial charge in [0, 0.05) is 0 Å². The van der Waals surface area contributed by atoms with Gasteiger partial charge in [-0.2, -0.15) is 0 Å². The third-order valence-electron chi connectivity index (χ3n) is 3.12. The van der Waals surface area contributed by atoms with E-state index in [2.05, 4.69) is 10.3 Å². The first-order valence-electron chi connectivity index (χ1n) is 6.26. The van der Waals surface area contributed by atoms with Gasteiger partial charge >= 0.3 is 0 Å². The molecule has 0 aliphatic carbocycles. The third kappa shape index (κ3) is 2.66. The minimum absolute atomic E-state index is 0.0368. The Morgan fingerprint density at radius 1 is 1.14 bits per heavy atom. The fraction of sp³-hybridized carbons (Fsp3) is 0.0667. The monoisotopic (exact) mass is 303 g/mol. The zero-order valence-electron chi connectivity index (χ0n) is 10.8. The molecule has 106 valence electrons. The van der Waals surface area contributed by atoms with Crippen LogP contribution in [0, 0.1) is 5.82 Å². The molecule has 0 aliphatic heterocycles. The molecule has 0 radical (unpaired) electrons. The number of halogens is 2. The summed E-state index contributed by atoms with van der Waals surface area (Å²) < 4.78 is 14.7. The first-order valence-corrected chi connectivity index (χ1v) is 6.63. The van der Waals surface area contributed by atoms with Gasteiger partial charge in [-0.05, 0) is 29.8 Å². The van der Waals surface area contributed by atoms with Gasteiger partial charge in [-0.3, -0.25) is 0 Å². The number of aromatic nitrogens is 3. The lowest BCUT2D eigenvalue weighted by Gasteiger charge is -2.13. The van der Waals surface area contributed by atoms with E-state index >= 15 is 0 Å². The molecule has 0 aliphatic rings. The van der Waals surface area contributed by atoms with E-state index in [1.807, 2.05) is 30.3 Å². The van der Waals surface area contributed by atoms with E-state index < -0.39 is 11.9 Å². The number of hydrogen-bond donors (Lipinski definition) is 1. The summed E-state index contributed by atoms with van der Waals surface area (Å²) in [6.07, 6.45) is 0.466. The molecule has 0 fully saturated rings. The van der Waals surface area contributed by atoms with Crippen molar-refractivity contribution in [1.82, 2.24) is 15.0 Å². The second-order valence-corrected chi connectivity index (χ2v) is 4.89. The topological polar surface area (TPSA) is 50.9 Å². The summed E-state index contributed by atoms with van der Waals surface area (Å²) in [5.41, 5.74) is 1.72. The molecule has 3 aromatic rings. The zero-order valence-corrected chi connectivity index (χ0v) is 11.6. The Morgan fingerprint density at radius 3 is 2.62 bits per heavy atom. The second kappa shape index (κ2) is 5.63. The summed E-state index contributed by atoms with van der Waals surface area (Å²) in [6.45, 7) is 0. The molecule has 1 heterocycles. The lowest BCUT2D eigenvalue weighted by atomic mass is 10.1. The van der Waals surface area contributed by atoms with Crippen LogP contribution in [0.3, 0.4) is 0 Å². The highest BCUT2D eigenvalue weighted by Crippen LogP contribution is 2.26. The molecule has 1 atom stereocenters. The van der Waals surface area contributed by atoms with Crippen LogP contribution < -0.4 is 0 Å². The molecular formula is C15H11ClFN3O. The van der Waals surface area contributed by atoms with Gasteiger partial charge in [-0.25, -0.2) is 9.07 Å². The molecule has 0 spiro atoms. The molecular weight excluding hydrogens is 293 g/mol. The SMILES string of the molecule is OC(c1ccc(F)c(Cl)c1)c1cnnn1-c1ccccc1. The first kappa shape index (κ1) is 13.7. The van der Waals surface area contributed by atoms with Crippen LogP contribution in [0.1, 0.15) is 17.4 Å². The lowest BCUT2D eigenvalue weighted by molar-refractivity contribution is 0.212. The van der Waals surface area contributed by atoms with Gasteiger partial charge in [-0.15, -0.1) is 5.10 Å². The number of aliphatic hydroxyl groups is 1. The van der Waals surface area contributed by atoms with E-state index in [4.69, 9.17) is 11.6 Å². The predicted molar refractivity (Wildman–Crippen MR) is 76.8 cm³/mol. The van der Waals surface area contributed by atoms with Gasteiger partial charge in [-0.1, -0.05) is 41.1 Å². The van der Waals surface area contributed by atoms with Crippen LogP contribution in [0.4, 0.5) is 4.39 Å². The van der Waals surface area contributed by atoms with E-state index in [1.54, 1.807) is 0 Å². The molecule has 21 heavy (non-hydrogen) atoms. The molecule has 0 amide bonds. The van der Waals surface area contributed by atoms with Crippen LogP contribution in [0.2, 0.25) is 5.02 Å². The maximum Gasteiger partial charge on any atom is 0.141 e. The number of aliphatic hydroxyl groups excluding tert-OH is 1. The Labute approximate surface area is 125 Å². The Bertz CT molecular complexity index is 761. The Hall–Kier alpha value is -2.24. The van der Waals surface area contributed by atoms with Crippen LogP contribution in [0.5, 0.6) is 0 Å². The standard InChI is InChI=1S/C15H11ClFN3O/c16-12-8-10(6-7-13(12)17)15(21)14-9-18-19-20(14)11-4-2-1-3-5-11/h1-9,15,21H. The van der Waals surface area contributed by atoms with Crippen LogP contribution in [-0.4, -0.2) is 20.1 Å². The summed E-state index contributed by atoms with van der Waals surface area (Å²) in [5.74, 6) is -0.526. The second-order valence-electron chi connectivity index (χ2n) is 4.48. The van der Waals surface area contributed by atoms with E-state index in [-0.39, 0.29) is 5.02 Å². The van der Waals surface area contributed by atoms with Gasteiger partial charge in [0.25, 0.3) is 0 Å². The fourth-order valence-corrected chi connectivity index (χ4v) is 2.24. The lowest BCUT2D eigenvalue weighted by Crippen LogP contribution is -2.08. The first-order chi connectivity index (χ1) is 10.2. The summed E-state index contributed by atoms with van der Waals surface area (Å²) >= 11 is 5.75. The third-order valence-corrected chi connectivity index (χ3v) is 3.41. The van der Waals surface area contributed by atoms with Crippen molar-refractivity contribution in [2.75, 3.05) is 0 Å². The van der Waals surface area contributed by atoms with Crippen LogP contribution >= 0.6 is 11.6 Å². The Morgan fingerprint density at radius 2 is 1.90 bits per heavy atom. The van der Waals surface area contributed by atoms with Crippen molar-refractivity contribution in [2.24, 2.45) is 0 Å². The highest BCUT2D eigenvalue weighted by Gasteiger charge is 2.18. The van der Waals surface area contributed by atoms with Crippen molar-refractivity contribution in [3.63, 3.8) is 0 Å². The number of hydrogen-bond acceptors (Lipinski definition) is 3. The molecule has 1 aromatic heterocycles. The van der Waals surface area contributed by atoms with Crippen molar-refractivity contribution in [2.45, 2.75) is 6.10 Å². The molecule has 4 nitrogen and oxygen atoms in total. The normalized spacial score (nSPS) is 12.3.